The Labute approximate surface area is 123 Å². The third kappa shape index (κ3) is 4.20. The third-order valence-corrected chi connectivity index (χ3v) is 3.51. The van der Waals surface area contributed by atoms with Gasteiger partial charge in [0.25, 0.3) is 0 Å². The first-order valence-electron chi connectivity index (χ1n) is 6.76. The van der Waals surface area contributed by atoms with Gasteiger partial charge in [-0.25, -0.2) is 14.4 Å². The molecular formula is C15H18FN3S. The summed E-state index contributed by atoms with van der Waals surface area (Å²) < 4.78 is 13.2. The van der Waals surface area contributed by atoms with E-state index < -0.39 is 0 Å². The highest BCUT2D eigenvalue weighted by Gasteiger charge is 2.06. The van der Waals surface area contributed by atoms with E-state index in [4.69, 9.17) is 0 Å². The van der Waals surface area contributed by atoms with Crippen LogP contribution in [0.25, 0.3) is 0 Å². The summed E-state index contributed by atoms with van der Waals surface area (Å²) in [6.45, 7) is 4.94. The first kappa shape index (κ1) is 14.8. The Hall–Kier alpha value is -1.62. The normalized spacial score (nSPS) is 10.6. The molecule has 0 fully saturated rings. The van der Waals surface area contributed by atoms with Gasteiger partial charge in [0, 0.05) is 23.9 Å². The zero-order chi connectivity index (χ0) is 14.4. The van der Waals surface area contributed by atoms with Crippen molar-refractivity contribution in [3.8, 4) is 0 Å². The molecular weight excluding hydrogens is 273 g/mol. The number of rotatable bonds is 6. The van der Waals surface area contributed by atoms with Crippen LogP contribution in [0.2, 0.25) is 0 Å². The fourth-order valence-corrected chi connectivity index (χ4v) is 2.66. The number of nitrogens with one attached hydrogen (secondary N) is 1. The molecule has 5 heteroatoms. The summed E-state index contributed by atoms with van der Waals surface area (Å²) >= 11 is 1.45. The number of halogens is 1. The average Bonchev–Trinajstić information content (AvgIpc) is 2.39. The van der Waals surface area contributed by atoms with E-state index >= 15 is 0 Å². The Bertz CT molecular complexity index is 551. The first-order chi connectivity index (χ1) is 9.71. The lowest BCUT2D eigenvalue weighted by Gasteiger charge is -2.08. The maximum Gasteiger partial charge on any atom is 0.132 e. The topological polar surface area (TPSA) is 37.8 Å². The molecule has 2 rings (SSSR count). The fraction of sp³-hybridized carbons (Fsp3) is 0.333. The van der Waals surface area contributed by atoms with Crippen molar-refractivity contribution < 1.29 is 4.39 Å². The van der Waals surface area contributed by atoms with E-state index in [2.05, 4.69) is 22.2 Å². The van der Waals surface area contributed by atoms with Gasteiger partial charge < -0.3 is 5.32 Å². The van der Waals surface area contributed by atoms with Gasteiger partial charge in [-0.1, -0.05) is 24.8 Å². The molecule has 0 bridgehead atoms. The highest BCUT2D eigenvalue weighted by Crippen LogP contribution is 2.28. The second kappa shape index (κ2) is 7.24. The van der Waals surface area contributed by atoms with E-state index in [1.807, 2.05) is 19.1 Å². The van der Waals surface area contributed by atoms with Crippen LogP contribution < -0.4 is 5.32 Å². The third-order valence-electron chi connectivity index (χ3n) is 2.60. The van der Waals surface area contributed by atoms with Gasteiger partial charge in [0.05, 0.1) is 0 Å². The van der Waals surface area contributed by atoms with Crippen molar-refractivity contribution >= 4 is 17.6 Å². The molecule has 0 aliphatic carbocycles. The smallest absolute Gasteiger partial charge is 0.132 e. The molecule has 0 saturated carbocycles. The maximum atomic E-state index is 13.2. The molecule has 0 unspecified atom stereocenters. The van der Waals surface area contributed by atoms with Crippen LogP contribution in [0.1, 0.15) is 26.1 Å². The van der Waals surface area contributed by atoms with Crippen LogP contribution in [0.5, 0.6) is 0 Å². The molecule has 0 saturated heterocycles. The minimum absolute atomic E-state index is 0.232. The molecule has 20 heavy (non-hydrogen) atoms. The maximum absolute atomic E-state index is 13.2. The summed E-state index contributed by atoms with van der Waals surface area (Å²) in [6.07, 6.45) is 1.84. The van der Waals surface area contributed by atoms with E-state index in [-0.39, 0.29) is 5.82 Å². The van der Waals surface area contributed by atoms with Crippen molar-refractivity contribution in [1.29, 1.82) is 0 Å². The summed E-state index contributed by atoms with van der Waals surface area (Å²) in [5.41, 5.74) is 0. The standard InChI is InChI=1S/C15H18FN3S/c1-3-6-13-18-14(17-4-2)10-15(19-13)20-12-8-5-7-11(16)9-12/h5,7-10H,3-4,6H2,1-2H3,(H,17,18,19). The Morgan fingerprint density at radius 1 is 1.20 bits per heavy atom. The zero-order valence-electron chi connectivity index (χ0n) is 11.7. The molecule has 1 aromatic heterocycles. The lowest BCUT2D eigenvalue weighted by atomic mass is 10.3. The number of hydrogen-bond acceptors (Lipinski definition) is 4. The van der Waals surface area contributed by atoms with E-state index in [0.717, 1.165) is 41.0 Å². The Kier molecular flexibility index (Phi) is 5.35. The molecule has 0 spiro atoms. The van der Waals surface area contributed by atoms with Gasteiger partial charge in [0.1, 0.15) is 22.5 Å². The summed E-state index contributed by atoms with van der Waals surface area (Å²) in [4.78, 5) is 9.82. The molecule has 1 heterocycles. The zero-order valence-corrected chi connectivity index (χ0v) is 12.5. The largest absolute Gasteiger partial charge is 0.370 e. The van der Waals surface area contributed by atoms with Gasteiger partial charge in [0.2, 0.25) is 0 Å². The summed E-state index contributed by atoms with van der Waals surface area (Å²) in [7, 11) is 0. The number of nitrogens with zero attached hydrogens (tertiary/aromatic N) is 2. The molecule has 106 valence electrons. The molecule has 1 aromatic carbocycles. The molecule has 0 radical (unpaired) electrons. The highest BCUT2D eigenvalue weighted by atomic mass is 32.2. The van der Waals surface area contributed by atoms with Crippen molar-refractivity contribution in [2.45, 2.75) is 36.6 Å². The van der Waals surface area contributed by atoms with Crippen molar-refractivity contribution in [2.24, 2.45) is 0 Å². The molecule has 0 aliphatic heterocycles. The van der Waals surface area contributed by atoms with Crippen LogP contribution in [0, 0.1) is 5.82 Å². The summed E-state index contributed by atoms with van der Waals surface area (Å²) in [6, 6.07) is 8.44. The van der Waals surface area contributed by atoms with Crippen LogP contribution in [-0.2, 0) is 6.42 Å². The van der Waals surface area contributed by atoms with Crippen LogP contribution in [0.4, 0.5) is 10.2 Å². The molecule has 1 N–H and O–H groups in total. The van der Waals surface area contributed by atoms with Gasteiger partial charge in [0.15, 0.2) is 0 Å². The predicted molar refractivity (Wildman–Crippen MR) is 80.7 cm³/mol. The Balaban J connectivity index is 2.25. The lowest BCUT2D eigenvalue weighted by molar-refractivity contribution is 0.624. The second-order valence-corrected chi connectivity index (χ2v) is 5.44. The number of benzene rings is 1. The van der Waals surface area contributed by atoms with E-state index in [1.165, 1.54) is 23.9 Å². The molecule has 3 nitrogen and oxygen atoms in total. The van der Waals surface area contributed by atoms with Gasteiger partial charge in [-0.2, -0.15) is 0 Å². The SMILES string of the molecule is CCCc1nc(NCC)cc(Sc2cccc(F)c2)n1. The van der Waals surface area contributed by atoms with Crippen LogP contribution in [0.15, 0.2) is 40.3 Å². The molecule has 0 amide bonds. The van der Waals surface area contributed by atoms with Gasteiger partial charge >= 0.3 is 0 Å². The lowest BCUT2D eigenvalue weighted by Crippen LogP contribution is -2.04. The molecule has 0 aliphatic rings. The van der Waals surface area contributed by atoms with Crippen LogP contribution in [-0.4, -0.2) is 16.5 Å². The van der Waals surface area contributed by atoms with Crippen LogP contribution in [0.3, 0.4) is 0 Å². The average molecular weight is 291 g/mol. The first-order valence-corrected chi connectivity index (χ1v) is 7.58. The number of hydrogen-bond donors (Lipinski definition) is 1. The van der Waals surface area contributed by atoms with E-state index in [9.17, 15) is 4.39 Å². The van der Waals surface area contributed by atoms with Crippen molar-refractivity contribution in [2.75, 3.05) is 11.9 Å². The summed E-state index contributed by atoms with van der Waals surface area (Å²) in [5.74, 6) is 1.42. The van der Waals surface area contributed by atoms with Crippen molar-refractivity contribution in [1.82, 2.24) is 9.97 Å². The minimum Gasteiger partial charge on any atom is -0.370 e. The number of anilines is 1. The van der Waals surface area contributed by atoms with Crippen molar-refractivity contribution in [3.05, 3.63) is 42.0 Å². The van der Waals surface area contributed by atoms with E-state index in [1.54, 1.807) is 6.07 Å². The van der Waals surface area contributed by atoms with Gasteiger partial charge in [-0.15, -0.1) is 0 Å². The number of aryl methyl sites for hydroxylation is 1. The Morgan fingerprint density at radius 3 is 2.75 bits per heavy atom. The highest BCUT2D eigenvalue weighted by molar-refractivity contribution is 7.99. The predicted octanol–water partition coefficient (Wildman–Crippen LogP) is 4.15. The van der Waals surface area contributed by atoms with E-state index in [0.29, 0.717) is 0 Å². The molecule has 2 aromatic rings. The second-order valence-electron chi connectivity index (χ2n) is 4.35. The minimum atomic E-state index is -0.232. The monoisotopic (exact) mass is 291 g/mol. The van der Waals surface area contributed by atoms with Crippen molar-refractivity contribution in [3.63, 3.8) is 0 Å². The van der Waals surface area contributed by atoms with Gasteiger partial charge in [-0.05, 0) is 31.5 Å². The molecule has 0 atom stereocenters. The quantitative estimate of drug-likeness (QED) is 0.811. The summed E-state index contributed by atoms with van der Waals surface area (Å²) in [5, 5.41) is 4.04. The fourth-order valence-electron chi connectivity index (χ4n) is 1.78. The van der Waals surface area contributed by atoms with Crippen LogP contribution >= 0.6 is 11.8 Å². The Morgan fingerprint density at radius 2 is 2.05 bits per heavy atom. The number of aromatic nitrogens is 2. The van der Waals surface area contributed by atoms with Gasteiger partial charge in [-0.3, -0.25) is 0 Å².